The summed E-state index contributed by atoms with van der Waals surface area (Å²) in [5.41, 5.74) is 0.341. The number of benzene rings is 1. The van der Waals surface area contributed by atoms with Crippen LogP contribution < -0.4 is 10.6 Å². The first-order valence-electron chi connectivity index (χ1n) is 12.0. The van der Waals surface area contributed by atoms with Crippen LogP contribution in [0, 0.1) is 10.1 Å². The number of nitrogens with one attached hydrogen (secondary N) is 2. The molecule has 204 valence electrons. The number of halogens is 3. The molecule has 0 saturated carbocycles. The molecule has 38 heavy (non-hydrogen) atoms. The number of anilines is 2. The Kier molecular flexibility index (Phi) is 8.11. The van der Waals surface area contributed by atoms with Crippen LogP contribution in [0.4, 0.5) is 25.8 Å². The van der Waals surface area contributed by atoms with E-state index in [0.717, 1.165) is 4.90 Å². The first-order chi connectivity index (χ1) is 18.0. The van der Waals surface area contributed by atoms with E-state index in [9.17, 15) is 33.6 Å². The van der Waals surface area contributed by atoms with E-state index < -0.39 is 47.6 Å². The van der Waals surface area contributed by atoms with E-state index in [1.165, 1.54) is 18.3 Å². The number of pyridine rings is 1. The van der Waals surface area contributed by atoms with Gasteiger partial charge in [0.25, 0.3) is 23.4 Å². The van der Waals surface area contributed by atoms with Gasteiger partial charge in [0.1, 0.15) is 5.69 Å². The average Bonchev–Trinajstić information content (AvgIpc) is 2.87. The number of nitrogens with zero attached hydrogens (tertiary/aromatic N) is 4. The topological polar surface area (TPSA) is 141 Å². The number of carbonyl (C=O) groups excluding carboxylic acids is 2. The third-order valence-corrected chi connectivity index (χ3v) is 6.97. The van der Waals surface area contributed by atoms with E-state index >= 15 is 0 Å². The third-order valence-electron chi connectivity index (χ3n) is 6.52. The number of aliphatic hydroxyl groups excluding tert-OH is 1. The summed E-state index contributed by atoms with van der Waals surface area (Å²) in [6, 6.07) is 3.77. The molecule has 2 atom stereocenters. The maximum Gasteiger partial charge on any atom is 0.294 e. The highest BCUT2D eigenvalue weighted by molar-refractivity contribution is 9.10. The molecule has 1 aromatic heterocycles. The van der Waals surface area contributed by atoms with Gasteiger partial charge in [0.15, 0.2) is 0 Å². The van der Waals surface area contributed by atoms with Gasteiger partial charge in [-0.1, -0.05) is 15.9 Å². The second-order valence-corrected chi connectivity index (χ2v) is 10.4. The van der Waals surface area contributed by atoms with Gasteiger partial charge < -0.3 is 25.5 Å². The van der Waals surface area contributed by atoms with Gasteiger partial charge in [-0.3, -0.25) is 24.7 Å². The van der Waals surface area contributed by atoms with Gasteiger partial charge in [-0.15, -0.1) is 0 Å². The van der Waals surface area contributed by atoms with Crippen LogP contribution in [0.15, 0.2) is 35.1 Å². The molecule has 0 spiro atoms. The molecule has 2 aliphatic heterocycles. The highest BCUT2D eigenvalue weighted by atomic mass is 79.9. The number of alkyl halides is 2. The van der Waals surface area contributed by atoms with Crippen molar-refractivity contribution in [1.82, 2.24) is 14.8 Å². The lowest BCUT2D eigenvalue weighted by atomic mass is 10.0. The number of hydrogen-bond donors (Lipinski definition) is 3. The minimum absolute atomic E-state index is 0.121. The van der Waals surface area contributed by atoms with Crippen LogP contribution in [0.25, 0.3) is 0 Å². The molecule has 2 saturated heterocycles. The largest absolute Gasteiger partial charge is 0.391 e. The predicted octanol–water partition coefficient (Wildman–Crippen LogP) is 3.35. The minimum Gasteiger partial charge on any atom is -0.391 e. The summed E-state index contributed by atoms with van der Waals surface area (Å²) < 4.78 is 28.5. The van der Waals surface area contributed by atoms with Gasteiger partial charge in [0, 0.05) is 62.1 Å². The first-order valence-corrected chi connectivity index (χ1v) is 12.8. The van der Waals surface area contributed by atoms with E-state index in [0.29, 0.717) is 30.6 Å². The lowest BCUT2D eigenvalue weighted by Gasteiger charge is -2.36. The zero-order valence-electron chi connectivity index (χ0n) is 20.5. The Morgan fingerprint density at radius 3 is 2.66 bits per heavy atom. The molecule has 1 unspecified atom stereocenters. The highest BCUT2D eigenvalue weighted by Gasteiger charge is 2.42. The summed E-state index contributed by atoms with van der Waals surface area (Å²) in [5, 5.41) is 27.8. The number of amides is 2. The number of β-amino-alcohol motifs (C(OH)–C–C–N with tert-alkyl or cyclic N) is 1. The predicted molar refractivity (Wildman–Crippen MR) is 139 cm³/mol. The maximum atomic E-state index is 14.1. The van der Waals surface area contributed by atoms with Gasteiger partial charge in [0.2, 0.25) is 0 Å². The standard InChI is InChI=1S/C24H27BrF2N6O5/c1-28-17-5-14(9-29-10-17)22(35)31-4-2-3-16(11-31)30-21-19(6-15(25)7-20(21)33(37)38)23(36)32-12-18(34)8-24(26,27)13-32/h5-7,9-10,16,18,28,30,34H,2-4,8,11-13H2,1H3/t16-,18?/m1/s1. The van der Waals surface area contributed by atoms with Crippen molar-refractivity contribution in [2.45, 2.75) is 37.3 Å². The molecule has 0 bridgehead atoms. The van der Waals surface area contributed by atoms with Crippen LogP contribution in [0.2, 0.25) is 0 Å². The minimum atomic E-state index is -3.29. The second kappa shape index (κ2) is 11.2. The number of nitro benzene ring substituents is 1. The Hall–Kier alpha value is -3.39. The summed E-state index contributed by atoms with van der Waals surface area (Å²) in [6.07, 6.45) is 2.01. The average molecular weight is 597 g/mol. The lowest BCUT2D eigenvalue weighted by molar-refractivity contribution is -0.384. The number of hydrogen-bond acceptors (Lipinski definition) is 8. The third kappa shape index (κ3) is 6.18. The fourth-order valence-electron chi connectivity index (χ4n) is 4.81. The van der Waals surface area contributed by atoms with Crippen LogP contribution >= 0.6 is 15.9 Å². The molecule has 2 aromatic rings. The van der Waals surface area contributed by atoms with Gasteiger partial charge in [-0.05, 0) is 25.0 Å². The molecule has 2 aliphatic rings. The molecule has 0 aliphatic carbocycles. The second-order valence-electron chi connectivity index (χ2n) is 9.45. The number of likely N-dealkylation sites (tertiary alicyclic amines) is 2. The van der Waals surface area contributed by atoms with Crippen molar-refractivity contribution in [3.63, 3.8) is 0 Å². The van der Waals surface area contributed by atoms with Gasteiger partial charge in [-0.2, -0.15) is 0 Å². The van der Waals surface area contributed by atoms with E-state index in [1.807, 2.05) is 0 Å². The molecule has 14 heteroatoms. The van der Waals surface area contributed by atoms with Gasteiger partial charge >= 0.3 is 0 Å². The number of carbonyl (C=O) groups is 2. The lowest BCUT2D eigenvalue weighted by Crippen LogP contribution is -2.51. The number of nitro groups is 1. The van der Waals surface area contributed by atoms with E-state index in [4.69, 9.17) is 0 Å². The molecule has 11 nitrogen and oxygen atoms in total. The van der Waals surface area contributed by atoms with Gasteiger partial charge in [0.05, 0.1) is 34.4 Å². The molecule has 3 heterocycles. The number of aliphatic hydroxyl groups is 1. The van der Waals surface area contributed by atoms with E-state index in [2.05, 4.69) is 31.5 Å². The summed E-state index contributed by atoms with van der Waals surface area (Å²) in [5.74, 6) is -4.41. The first kappa shape index (κ1) is 27.6. The fraction of sp³-hybridized carbons (Fsp3) is 0.458. The summed E-state index contributed by atoms with van der Waals surface area (Å²) in [4.78, 5) is 44.2. The molecule has 2 amide bonds. The molecule has 3 N–H and O–H groups in total. The van der Waals surface area contributed by atoms with Gasteiger partial charge in [-0.25, -0.2) is 8.78 Å². The SMILES string of the molecule is CNc1cncc(C(=O)N2CCC[C@@H](Nc3c(C(=O)N4CC(O)CC(F)(F)C4)cc(Br)cc3[N+](=O)[O-])C2)c1. The molecule has 1 aromatic carbocycles. The van der Waals surface area contributed by atoms with Crippen LogP contribution in [0.1, 0.15) is 40.0 Å². The van der Waals surface area contributed by atoms with Crippen molar-refractivity contribution in [2.75, 3.05) is 43.9 Å². The van der Waals surface area contributed by atoms with Crippen molar-refractivity contribution < 1.29 is 28.4 Å². The van der Waals surface area contributed by atoms with Crippen molar-refractivity contribution in [3.05, 3.63) is 56.3 Å². The Balaban J connectivity index is 1.61. The van der Waals surface area contributed by atoms with Crippen molar-refractivity contribution in [1.29, 1.82) is 0 Å². The van der Waals surface area contributed by atoms with Crippen molar-refractivity contribution in [3.8, 4) is 0 Å². The van der Waals surface area contributed by atoms with Crippen molar-refractivity contribution in [2.24, 2.45) is 0 Å². The van der Waals surface area contributed by atoms with Crippen molar-refractivity contribution >= 4 is 44.8 Å². The van der Waals surface area contributed by atoms with Crippen LogP contribution in [0.5, 0.6) is 0 Å². The quantitative estimate of drug-likeness (QED) is 0.340. The van der Waals surface area contributed by atoms with E-state index in [-0.39, 0.29) is 34.7 Å². The number of rotatable bonds is 6. The normalized spacial score (nSPS) is 21.1. The zero-order valence-corrected chi connectivity index (χ0v) is 22.1. The smallest absolute Gasteiger partial charge is 0.294 e. The van der Waals surface area contributed by atoms with Crippen LogP contribution in [-0.4, -0.2) is 87.9 Å². The maximum absolute atomic E-state index is 14.1. The zero-order chi connectivity index (χ0) is 27.6. The fourth-order valence-corrected chi connectivity index (χ4v) is 5.26. The van der Waals surface area contributed by atoms with Crippen LogP contribution in [-0.2, 0) is 0 Å². The Morgan fingerprint density at radius 1 is 1.21 bits per heavy atom. The Bertz CT molecular complexity index is 1250. The van der Waals surface area contributed by atoms with Crippen LogP contribution in [0.3, 0.4) is 0 Å². The number of aromatic nitrogens is 1. The monoisotopic (exact) mass is 596 g/mol. The molecule has 2 fully saturated rings. The molecular formula is C24H27BrF2N6O5. The number of piperidine rings is 2. The summed E-state index contributed by atoms with van der Waals surface area (Å²) >= 11 is 3.17. The van der Waals surface area contributed by atoms with E-state index in [1.54, 1.807) is 24.2 Å². The molecule has 0 radical (unpaired) electrons. The summed E-state index contributed by atoms with van der Waals surface area (Å²) in [7, 11) is 1.71. The molecular weight excluding hydrogens is 570 g/mol. The summed E-state index contributed by atoms with van der Waals surface area (Å²) in [6.45, 7) is -0.562. The molecule has 4 rings (SSSR count). The Labute approximate surface area is 225 Å². The Morgan fingerprint density at radius 2 is 1.97 bits per heavy atom. The highest BCUT2D eigenvalue weighted by Crippen LogP contribution is 2.36.